The monoisotopic (exact) mass is 357 g/mol. The lowest BCUT2D eigenvalue weighted by Gasteiger charge is -2.30. The average molecular weight is 357 g/mol. The number of anilines is 1. The van der Waals surface area contributed by atoms with E-state index in [2.05, 4.69) is 12.2 Å². The number of rotatable bonds is 3. The van der Waals surface area contributed by atoms with Gasteiger partial charge in [0.05, 0.1) is 0 Å². The van der Waals surface area contributed by atoms with Crippen molar-refractivity contribution in [3.05, 3.63) is 29.3 Å². The smallest absolute Gasteiger partial charge is 0.253 e. The Kier molecular flexibility index (Phi) is 5.97. The Morgan fingerprint density at radius 1 is 1.15 bits per heavy atom. The van der Waals surface area contributed by atoms with Gasteiger partial charge in [-0.3, -0.25) is 9.59 Å². The van der Waals surface area contributed by atoms with Gasteiger partial charge in [0, 0.05) is 36.3 Å². The fraction of sp³-hybridized carbons (Fsp3) is 0.619. The number of nitrogens with zero attached hydrogens (tertiary/aromatic N) is 1. The summed E-state index contributed by atoms with van der Waals surface area (Å²) >= 11 is 0. The molecule has 2 atom stereocenters. The standard InChI is InChI=1S/C21H31N3O2/c1-14-8-10-24(11-9-14)21(26)17-6-7-19(15(2)12-17)23-20(25)16-4-3-5-18(22)13-16/h6-7,12,14,16,18H,3-5,8-11,13,22H2,1-2H3,(H,23,25). The van der Waals surface area contributed by atoms with E-state index in [0.29, 0.717) is 11.5 Å². The highest BCUT2D eigenvalue weighted by molar-refractivity contribution is 5.97. The van der Waals surface area contributed by atoms with Crippen LogP contribution in [-0.2, 0) is 4.79 Å². The van der Waals surface area contributed by atoms with Crippen molar-refractivity contribution in [3.8, 4) is 0 Å². The predicted molar refractivity (Wildman–Crippen MR) is 104 cm³/mol. The maximum Gasteiger partial charge on any atom is 0.253 e. The predicted octanol–water partition coefficient (Wildman–Crippen LogP) is 3.32. The molecule has 3 N–H and O–H groups in total. The van der Waals surface area contributed by atoms with Crippen molar-refractivity contribution in [3.63, 3.8) is 0 Å². The van der Waals surface area contributed by atoms with Crippen LogP contribution in [0.5, 0.6) is 0 Å². The largest absolute Gasteiger partial charge is 0.339 e. The van der Waals surface area contributed by atoms with Gasteiger partial charge in [-0.2, -0.15) is 0 Å². The lowest BCUT2D eigenvalue weighted by atomic mass is 9.85. The van der Waals surface area contributed by atoms with Crippen LogP contribution in [0.4, 0.5) is 5.69 Å². The van der Waals surface area contributed by atoms with Gasteiger partial charge < -0.3 is 16.0 Å². The maximum absolute atomic E-state index is 12.7. The van der Waals surface area contributed by atoms with E-state index in [-0.39, 0.29) is 23.8 Å². The molecule has 5 nitrogen and oxygen atoms in total. The summed E-state index contributed by atoms with van der Waals surface area (Å²) in [5, 5.41) is 3.03. The van der Waals surface area contributed by atoms with Crippen LogP contribution in [0.1, 0.15) is 61.4 Å². The zero-order valence-electron chi connectivity index (χ0n) is 16.0. The molecule has 26 heavy (non-hydrogen) atoms. The number of likely N-dealkylation sites (tertiary alicyclic amines) is 1. The summed E-state index contributed by atoms with van der Waals surface area (Å²) in [4.78, 5) is 27.2. The van der Waals surface area contributed by atoms with Crippen molar-refractivity contribution in [2.45, 2.75) is 58.4 Å². The van der Waals surface area contributed by atoms with E-state index >= 15 is 0 Å². The molecular weight excluding hydrogens is 326 g/mol. The molecule has 142 valence electrons. The van der Waals surface area contributed by atoms with Gasteiger partial charge in [0.15, 0.2) is 0 Å². The topological polar surface area (TPSA) is 75.4 Å². The second-order valence-corrected chi connectivity index (χ2v) is 8.12. The molecule has 0 aromatic heterocycles. The van der Waals surface area contributed by atoms with Crippen molar-refractivity contribution in [1.29, 1.82) is 0 Å². The molecule has 1 saturated heterocycles. The van der Waals surface area contributed by atoms with Crippen molar-refractivity contribution in [2.75, 3.05) is 18.4 Å². The van der Waals surface area contributed by atoms with Crippen LogP contribution < -0.4 is 11.1 Å². The third kappa shape index (κ3) is 4.44. The van der Waals surface area contributed by atoms with E-state index in [1.54, 1.807) is 0 Å². The molecule has 1 aliphatic carbocycles. The third-order valence-electron chi connectivity index (χ3n) is 5.89. The van der Waals surface area contributed by atoms with Crippen LogP contribution in [0.2, 0.25) is 0 Å². The molecule has 1 aliphatic heterocycles. The Balaban J connectivity index is 1.63. The number of piperidine rings is 1. The zero-order valence-corrected chi connectivity index (χ0v) is 16.0. The SMILES string of the molecule is Cc1cc(C(=O)N2CCC(C)CC2)ccc1NC(=O)C1CCCC(N)C1. The molecule has 5 heteroatoms. The summed E-state index contributed by atoms with van der Waals surface area (Å²) in [7, 11) is 0. The molecule has 2 unspecified atom stereocenters. The van der Waals surface area contributed by atoms with Crippen LogP contribution in [0.25, 0.3) is 0 Å². The van der Waals surface area contributed by atoms with Gasteiger partial charge in [-0.15, -0.1) is 0 Å². The molecule has 1 heterocycles. The van der Waals surface area contributed by atoms with Crippen molar-refractivity contribution in [1.82, 2.24) is 4.90 Å². The summed E-state index contributed by atoms with van der Waals surface area (Å²) in [6, 6.07) is 5.71. The van der Waals surface area contributed by atoms with Crippen LogP contribution >= 0.6 is 0 Å². The van der Waals surface area contributed by atoms with E-state index in [1.165, 1.54) is 0 Å². The molecule has 1 aromatic rings. The molecule has 3 rings (SSSR count). The first-order valence-electron chi connectivity index (χ1n) is 9.90. The molecule has 2 amide bonds. The quantitative estimate of drug-likeness (QED) is 0.871. The number of aryl methyl sites for hydroxylation is 1. The van der Waals surface area contributed by atoms with E-state index < -0.39 is 0 Å². The molecule has 2 aliphatic rings. The summed E-state index contributed by atoms with van der Waals surface area (Å²) in [6.07, 6.45) is 5.83. The molecule has 1 saturated carbocycles. The number of hydrogen-bond acceptors (Lipinski definition) is 3. The Morgan fingerprint density at radius 2 is 1.88 bits per heavy atom. The molecule has 1 aromatic carbocycles. The summed E-state index contributed by atoms with van der Waals surface area (Å²) in [5.41, 5.74) is 8.42. The highest BCUT2D eigenvalue weighted by Gasteiger charge is 2.26. The summed E-state index contributed by atoms with van der Waals surface area (Å²) in [6.45, 7) is 5.85. The number of nitrogens with one attached hydrogen (secondary N) is 1. The Hall–Kier alpha value is -1.88. The summed E-state index contributed by atoms with van der Waals surface area (Å²) < 4.78 is 0. The minimum Gasteiger partial charge on any atom is -0.339 e. The normalized spacial score (nSPS) is 24.3. The van der Waals surface area contributed by atoms with Gasteiger partial charge in [0.25, 0.3) is 5.91 Å². The Morgan fingerprint density at radius 3 is 2.54 bits per heavy atom. The fourth-order valence-electron chi connectivity index (χ4n) is 4.03. The van der Waals surface area contributed by atoms with Gasteiger partial charge >= 0.3 is 0 Å². The molecule has 0 bridgehead atoms. The lowest BCUT2D eigenvalue weighted by molar-refractivity contribution is -0.120. The fourth-order valence-corrected chi connectivity index (χ4v) is 4.03. The molecular formula is C21H31N3O2. The highest BCUT2D eigenvalue weighted by atomic mass is 16.2. The lowest BCUT2D eigenvalue weighted by Crippen LogP contribution is -2.38. The number of carbonyl (C=O) groups excluding carboxylic acids is 2. The van der Waals surface area contributed by atoms with Crippen molar-refractivity contribution in [2.24, 2.45) is 17.6 Å². The minimum atomic E-state index is -0.00482. The first-order valence-corrected chi connectivity index (χ1v) is 9.90. The van der Waals surface area contributed by atoms with Crippen LogP contribution in [0.3, 0.4) is 0 Å². The first-order chi connectivity index (χ1) is 12.4. The number of amides is 2. The highest BCUT2D eigenvalue weighted by Crippen LogP contribution is 2.26. The van der Waals surface area contributed by atoms with Crippen molar-refractivity contribution < 1.29 is 9.59 Å². The Labute approximate surface area is 156 Å². The average Bonchev–Trinajstić information content (AvgIpc) is 2.63. The van der Waals surface area contributed by atoms with Crippen LogP contribution in [-0.4, -0.2) is 35.8 Å². The second kappa shape index (κ2) is 8.21. The number of benzene rings is 1. The maximum atomic E-state index is 12.7. The second-order valence-electron chi connectivity index (χ2n) is 8.12. The van der Waals surface area contributed by atoms with E-state index in [9.17, 15) is 9.59 Å². The first kappa shape index (κ1) is 18.9. The van der Waals surface area contributed by atoms with Crippen molar-refractivity contribution >= 4 is 17.5 Å². The molecule has 0 radical (unpaired) electrons. The molecule has 2 fully saturated rings. The minimum absolute atomic E-state index is 0.00482. The van der Waals surface area contributed by atoms with E-state index in [0.717, 1.165) is 62.9 Å². The number of nitrogens with two attached hydrogens (primary N) is 1. The van der Waals surface area contributed by atoms with E-state index in [1.807, 2.05) is 30.0 Å². The molecule has 0 spiro atoms. The van der Waals surface area contributed by atoms with Crippen LogP contribution in [0.15, 0.2) is 18.2 Å². The number of carbonyl (C=O) groups is 2. The zero-order chi connectivity index (χ0) is 18.7. The number of hydrogen-bond donors (Lipinski definition) is 2. The third-order valence-corrected chi connectivity index (χ3v) is 5.89. The van der Waals surface area contributed by atoms with Gasteiger partial charge in [-0.25, -0.2) is 0 Å². The van der Waals surface area contributed by atoms with Crippen LogP contribution in [0, 0.1) is 18.8 Å². The Bertz CT molecular complexity index is 665. The van der Waals surface area contributed by atoms with E-state index in [4.69, 9.17) is 5.73 Å². The van der Waals surface area contributed by atoms with Gasteiger partial charge in [-0.1, -0.05) is 13.3 Å². The van der Waals surface area contributed by atoms with Gasteiger partial charge in [0.2, 0.25) is 5.91 Å². The van der Waals surface area contributed by atoms with Gasteiger partial charge in [-0.05, 0) is 68.7 Å². The summed E-state index contributed by atoms with van der Waals surface area (Å²) in [5.74, 6) is 0.838. The van der Waals surface area contributed by atoms with Gasteiger partial charge in [0.1, 0.15) is 0 Å².